The number of aliphatic hydroxyl groups is 1. The normalized spacial score (nSPS) is 20.6. The second-order valence-electron chi connectivity index (χ2n) is 8.84. The van der Waals surface area contributed by atoms with Crippen molar-refractivity contribution in [3.8, 4) is 5.69 Å². The van der Waals surface area contributed by atoms with Crippen LogP contribution in [-0.4, -0.2) is 50.8 Å². The molecule has 0 spiro atoms. The van der Waals surface area contributed by atoms with Crippen molar-refractivity contribution in [3.63, 3.8) is 0 Å². The number of carbonyl (C=O) groups excluding carboxylic acids is 1. The summed E-state index contributed by atoms with van der Waals surface area (Å²) in [4.78, 5) is 8.81. The third-order valence-corrected chi connectivity index (χ3v) is 11.3. The second kappa shape index (κ2) is 13.9. The van der Waals surface area contributed by atoms with Gasteiger partial charge in [-0.2, -0.15) is 5.10 Å². The Morgan fingerprint density at radius 3 is 2.24 bits per heavy atom. The summed E-state index contributed by atoms with van der Waals surface area (Å²) < 4.78 is 20.3. The molecule has 2 atom stereocenters. The van der Waals surface area contributed by atoms with Crippen LogP contribution in [0.25, 0.3) is 11.8 Å². The molecule has 34 heavy (non-hydrogen) atoms. The van der Waals surface area contributed by atoms with Crippen molar-refractivity contribution in [2.45, 2.75) is 60.0 Å². The Kier molecular flexibility index (Phi) is 12.3. The molecular weight excluding hydrogens is 469 g/mol. The molecule has 0 bridgehead atoms. The van der Waals surface area contributed by atoms with E-state index in [4.69, 9.17) is 9.57 Å². The Morgan fingerprint density at radius 2 is 1.76 bits per heavy atom. The van der Waals surface area contributed by atoms with Gasteiger partial charge in [-0.15, -0.1) is 0 Å². The molecule has 1 aromatic heterocycles. The third kappa shape index (κ3) is 7.06. The lowest BCUT2D eigenvalue weighted by molar-refractivity contribution is -0.106. The molecule has 1 saturated carbocycles. The Morgan fingerprint density at radius 1 is 1.24 bits per heavy atom. The number of benzene rings is 1. The zero-order chi connectivity index (χ0) is 25.9. The lowest BCUT2D eigenvalue weighted by Gasteiger charge is -2.33. The second-order valence-corrected chi connectivity index (χ2v) is 13.5. The van der Waals surface area contributed by atoms with Gasteiger partial charge in [-0.05, 0) is 85.6 Å². The van der Waals surface area contributed by atoms with Gasteiger partial charge in [0.05, 0.1) is 23.7 Å². The van der Waals surface area contributed by atoms with Crippen LogP contribution in [0.5, 0.6) is 0 Å². The van der Waals surface area contributed by atoms with E-state index in [9.17, 15) is 9.50 Å². The molecule has 2 aliphatic carbocycles. The lowest BCUT2D eigenvalue weighted by atomic mass is 9.74. The van der Waals surface area contributed by atoms with Crippen molar-refractivity contribution in [2.24, 2.45) is 5.41 Å². The molecule has 4 rings (SSSR count). The molecule has 1 heterocycles. The predicted octanol–water partition coefficient (Wildman–Crippen LogP) is 6.09. The van der Waals surface area contributed by atoms with Crippen molar-refractivity contribution in [2.75, 3.05) is 23.5 Å². The number of carbonyl (C=O) groups is 1. The minimum absolute atomic E-state index is 0.149. The number of nitrogens with one attached hydrogen (secondary N) is 1. The monoisotopic (exact) mass is 509 g/mol. The van der Waals surface area contributed by atoms with Crippen LogP contribution in [0.15, 0.2) is 36.0 Å². The van der Waals surface area contributed by atoms with E-state index in [-0.39, 0.29) is 27.4 Å². The van der Waals surface area contributed by atoms with Crippen LogP contribution in [0.4, 0.5) is 4.39 Å². The zero-order valence-corrected chi connectivity index (χ0v) is 22.9. The Balaban J connectivity index is 0.000000376. The maximum absolute atomic E-state index is 13.1. The number of aliphatic hydroxyl groups excluding tert-OH is 1. The number of halogens is 1. The molecule has 2 aromatic rings. The van der Waals surface area contributed by atoms with Crippen LogP contribution in [0.2, 0.25) is 0 Å². The fourth-order valence-corrected chi connectivity index (χ4v) is 5.45. The number of fused-ring (bicyclic) bond motifs is 2. The first-order chi connectivity index (χ1) is 16.2. The molecule has 2 aliphatic rings. The van der Waals surface area contributed by atoms with E-state index < -0.39 is 0 Å². The number of aldehydes is 1. The molecule has 0 saturated heterocycles. The minimum atomic E-state index is -0.272. The lowest BCUT2D eigenvalue weighted by Crippen LogP contribution is -2.32. The largest absolute Gasteiger partial charge is 0.392 e. The summed E-state index contributed by atoms with van der Waals surface area (Å²) in [5, 5.41) is 14.7. The highest BCUT2D eigenvalue weighted by atomic mass is 32.3. The molecular formula is C26H40FN3O2S2. The maximum Gasteiger partial charge on any atom is 0.123 e. The van der Waals surface area contributed by atoms with Gasteiger partial charge in [-0.1, -0.05) is 33.3 Å². The van der Waals surface area contributed by atoms with E-state index in [0.29, 0.717) is 0 Å². The summed E-state index contributed by atoms with van der Waals surface area (Å²) in [6, 6.07) is 6.36. The van der Waals surface area contributed by atoms with E-state index in [2.05, 4.69) is 57.6 Å². The maximum atomic E-state index is 13.1. The minimum Gasteiger partial charge on any atom is -0.392 e. The summed E-state index contributed by atoms with van der Waals surface area (Å²) in [5.74, 6) is 3.96. The SMILES string of the molecule is CC12Cc3cnn(-c4ccc(F)cc4)c3C=C1CC[C@@H]2O.CC=O.CCS(C)(CC)CC.N=S. The fourth-order valence-electron chi connectivity index (χ4n) is 4.22. The molecule has 5 nitrogen and oxygen atoms in total. The van der Waals surface area contributed by atoms with Crippen LogP contribution in [-0.2, 0) is 23.6 Å². The quantitative estimate of drug-likeness (QED) is 0.489. The first-order valence-corrected chi connectivity index (χ1v) is 14.7. The van der Waals surface area contributed by atoms with Crippen LogP contribution in [0.3, 0.4) is 0 Å². The number of hydrogen-bond acceptors (Lipinski definition) is 5. The molecule has 0 radical (unpaired) electrons. The molecule has 1 fully saturated rings. The van der Waals surface area contributed by atoms with Crippen molar-refractivity contribution >= 4 is 34.8 Å². The Labute approximate surface area is 211 Å². The molecule has 190 valence electrons. The highest BCUT2D eigenvalue weighted by Crippen LogP contribution is 2.49. The Bertz CT molecular complexity index is 934. The highest BCUT2D eigenvalue weighted by molar-refractivity contribution is 8.33. The van der Waals surface area contributed by atoms with Gasteiger partial charge in [0.1, 0.15) is 12.1 Å². The van der Waals surface area contributed by atoms with Crippen LogP contribution in [0, 0.1) is 16.0 Å². The van der Waals surface area contributed by atoms with Gasteiger partial charge in [0, 0.05) is 17.8 Å². The molecule has 1 unspecified atom stereocenters. The average molecular weight is 510 g/mol. The van der Waals surface area contributed by atoms with E-state index in [1.165, 1.54) is 41.9 Å². The molecule has 0 aliphatic heterocycles. The van der Waals surface area contributed by atoms with Crippen molar-refractivity contribution in [1.82, 2.24) is 9.78 Å². The summed E-state index contributed by atoms with van der Waals surface area (Å²) in [6.45, 7) is 10.5. The van der Waals surface area contributed by atoms with E-state index in [1.54, 1.807) is 12.1 Å². The van der Waals surface area contributed by atoms with Crippen LogP contribution in [0.1, 0.15) is 58.7 Å². The van der Waals surface area contributed by atoms with Gasteiger partial charge in [0.25, 0.3) is 0 Å². The summed E-state index contributed by atoms with van der Waals surface area (Å²) in [5.41, 5.74) is 4.21. The summed E-state index contributed by atoms with van der Waals surface area (Å²) in [7, 11) is -0.153. The molecule has 2 N–H and O–H groups in total. The highest BCUT2D eigenvalue weighted by Gasteiger charge is 2.44. The standard InChI is InChI=1S/C17H17FN2O.C7H18S.C2H4O.HNS/c1-17-9-11-10-19-20(14-5-3-13(18)4-6-14)15(11)8-12(17)2-7-16(17)21;1-5-8(4,6-2)7-3;1-2-3;1-2/h3-6,8,10,16,21H,2,7,9H2,1H3;5-7H2,1-4H3;2H,1H3;1H/t16-,17?;;;/m0.../s1. The smallest absolute Gasteiger partial charge is 0.123 e. The average Bonchev–Trinajstić information content (AvgIpc) is 3.39. The van der Waals surface area contributed by atoms with Gasteiger partial charge < -0.3 is 9.90 Å². The van der Waals surface area contributed by atoms with E-state index in [0.717, 1.165) is 42.5 Å². The van der Waals surface area contributed by atoms with Gasteiger partial charge in [0.15, 0.2) is 0 Å². The van der Waals surface area contributed by atoms with Gasteiger partial charge in [-0.3, -0.25) is 0 Å². The number of rotatable bonds is 4. The summed E-state index contributed by atoms with van der Waals surface area (Å²) in [6.07, 6.45) is 9.52. The Hall–Kier alpha value is -1.90. The van der Waals surface area contributed by atoms with Crippen LogP contribution >= 0.6 is 10.0 Å². The van der Waals surface area contributed by atoms with Gasteiger partial charge in [0.2, 0.25) is 0 Å². The van der Waals surface area contributed by atoms with Crippen molar-refractivity contribution in [3.05, 3.63) is 53.1 Å². The number of nitrogens with zero attached hydrogens (tertiary/aromatic N) is 2. The van der Waals surface area contributed by atoms with Crippen LogP contribution < -0.4 is 0 Å². The molecule has 0 amide bonds. The van der Waals surface area contributed by atoms with Gasteiger partial charge >= 0.3 is 0 Å². The van der Waals surface area contributed by atoms with Crippen molar-refractivity contribution in [1.29, 1.82) is 4.78 Å². The summed E-state index contributed by atoms with van der Waals surface area (Å²) >= 11 is 3.33. The molecule has 8 heteroatoms. The number of hydrogen-bond donors (Lipinski definition) is 2. The predicted molar refractivity (Wildman–Crippen MR) is 146 cm³/mol. The zero-order valence-electron chi connectivity index (χ0n) is 21.3. The first kappa shape index (κ1) is 30.1. The van der Waals surface area contributed by atoms with Gasteiger partial charge in [-0.25, -0.2) is 23.9 Å². The third-order valence-electron chi connectivity index (χ3n) is 7.07. The van der Waals surface area contributed by atoms with E-state index in [1.807, 2.05) is 10.9 Å². The van der Waals surface area contributed by atoms with Crippen molar-refractivity contribution < 1.29 is 14.3 Å². The molecule has 1 aromatic carbocycles. The fraction of sp³-hybridized carbons (Fsp3) is 0.538. The van der Waals surface area contributed by atoms with E-state index >= 15 is 0 Å². The topological polar surface area (TPSA) is 79.0 Å². The number of aromatic nitrogens is 2. The first-order valence-electron chi connectivity index (χ1n) is 11.7.